The summed E-state index contributed by atoms with van der Waals surface area (Å²) in [4.78, 5) is 35.5. The van der Waals surface area contributed by atoms with E-state index in [4.69, 9.17) is 16.2 Å². The molecule has 4 atom stereocenters. The lowest BCUT2D eigenvalue weighted by Crippen LogP contribution is -2.31. The molecular weight excluding hydrogens is 512 g/mol. The van der Waals surface area contributed by atoms with Gasteiger partial charge in [-0.2, -0.15) is 10.3 Å². The number of hydrogen-bond donors (Lipinski definition) is 3. The van der Waals surface area contributed by atoms with Gasteiger partial charge < -0.3 is 26.1 Å². The van der Waals surface area contributed by atoms with Crippen LogP contribution in [0.5, 0.6) is 5.88 Å². The van der Waals surface area contributed by atoms with Crippen molar-refractivity contribution in [2.75, 3.05) is 20.2 Å². The van der Waals surface area contributed by atoms with E-state index in [2.05, 4.69) is 41.8 Å². The fraction of sp³-hybridized carbons (Fsp3) is 0.655. The maximum absolute atomic E-state index is 13.0. The van der Waals surface area contributed by atoms with E-state index in [1.807, 2.05) is 27.7 Å². The Morgan fingerprint density at radius 1 is 1.23 bits per heavy atom. The minimum Gasteiger partial charge on any atom is -0.477 e. The second-order valence-corrected chi connectivity index (χ2v) is 10.5. The predicted molar refractivity (Wildman–Crippen MR) is 162 cm³/mol. The van der Waals surface area contributed by atoms with Crippen LogP contribution in [0.15, 0.2) is 32.4 Å². The van der Waals surface area contributed by atoms with Crippen LogP contribution >= 0.6 is 11.8 Å². The van der Waals surface area contributed by atoms with Crippen molar-refractivity contribution in [3.63, 3.8) is 0 Å². The van der Waals surface area contributed by atoms with E-state index in [0.29, 0.717) is 24.9 Å². The highest BCUT2D eigenvalue weighted by atomic mass is 32.2. The summed E-state index contributed by atoms with van der Waals surface area (Å²) in [6.45, 7) is 13.7. The molecule has 1 amide bonds. The number of thioether (sulfide) groups is 1. The summed E-state index contributed by atoms with van der Waals surface area (Å²) in [7, 11) is 2.05. The number of rotatable bonds is 5. The highest BCUT2D eigenvalue weighted by Crippen LogP contribution is 2.49. The monoisotopic (exact) mass is 560 g/mol. The molecule has 1 fully saturated rings. The number of carbonyl (C=O) groups is 1. The molecule has 1 aromatic rings. The molecule has 1 aliphatic carbocycles. The molecular formula is C29H48N6O3S. The highest BCUT2D eigenvalue weighted by Gasteiger charge is 2.42. The third kappa shape index (κ3) is 9.52. The van der Waals surface area contributed by atoms with Gasteiger partial charge in [-0.1, -0.05) is 48.0 Å². The number of amidine groups is 1. The zero-order chi connectivity index (χ0) is 29.5. The fourth-order valence-electron chi connectivity index (χ4n) is 4.65. The first-order valence-corrected chi connectivity index (χ1v) is 15.2. The lowest BCUT2D eigenvalue weighted by Gasteiger charge is -2.23. The van der Waals surface area contributed by atoms with Gasteiger partial charge in [0.25, 0.3) is 5.91 Å². The smallest absolute Gasteiger partial charge is 0.254 e. The highest BCUT2D eigenvalue weighted by molar-refractivity contribution is 8.03. The van der Waals surface area contributed by atoms with Gasteiger partial charge in [-0.05, 0) is 56.2 Å². The average molecular weight is 561 g/mol. The number of aromatic amines is 1. The zero-order valence-corrected chi connectivity index (χ0v) is 25.6. The number of pyridine rings is 1. The van der Waals surface area contributed by atoms with Gasteiger partial charge in [-0.25, -0.2) is 0 Å². The van der Waals surface area contributed by atoms with Crippen LogP contribution in [0.1, 0.15) is 85.8 Å². The lowest BCUT2D eigenvalue weighted by molar-refractivity contribution is -0.120. The largest absolute Gasteiger partial charge is 0.477 e. The molecule has 5 N–H and O–H groups in total. The Kier molecular flexibility index (Phi) is 15.8. The molecule has 2 aliphatic heterocycles. The lowest BCUT2D eigenvalue weighted by atomic mass is 9.80. The molecule has 4 unspecified atom stereocenters. The number of nitrogens with two attached hydrogens (primary N) is 2. The van der Waals surface area contributed by atoms with E-state index in [0.717, 1.165) is 42.7 Å². The molecule has 39 heavy (non-hydrogen) atoms. The Morgan fingerprint density at radius 2 is 1.90 bits per heavy atom. The van der Waals surface area contributed by atoms with Gasteiger partial charge in [0.1, 0.15) is 6.61 Å². The Hall–Kier alpha value is -2.61. The van der Waals surface area contributed by atoms with E-state index < -0.39 is 17.7 Å². The fourth-order valence-corrected chi connectivity index (χ4v) is 5.99. The van der Waals surface area contributed by atoms with E-state index >= 15 is 0 Å². The number of aliphatic imine (C=N–C) groups is 1. The second-order valence-electron chi connectivity index (χ2n) is 9.24. The van der Waals surface area contributed by atoms with Crippen molar-refractivity contribution < 1.29 is 9.53 Å². The van der Waals surface area contributed by atoms with Gasteiger partial charge >= 0.3 is 0 Å². The van der Waals surface area contributed by atoms with Crippen molar-refractivity contribution in [1.82, 2.24) is 9.88 Å². The number of likely N-dealkylation sites (tertiary alicyclic amines) is 1. The van der Waals surface area contributed by atoms with Crippen LogP contribution in [-0.2, 0) is 4.79 Å². The first kappa shape index (κ1) is 34.4. The Morgan fingerprint density at radius 3 is 2.49 bits per heavy atom. The Balaban J connectivity index is 0.000000996. The van der Waals surface area contributed by atoms with Gasteiger partial charge in [-0.3, -0.25) is 9.59 Å². The Bertz CT molecular complexity index is 1080. The zero-order valence-electron chi connectivity index (χ0n) is 24.8. The molecule has 9 nitrogen and oxygen atoms in total. The quantitative estimate of drug-likeness (QED) is 0.344. The number of nitriles is 1. The van der Waals surface area contributed by atoms with Crippen LogP contribution in [0.25, 0.3) is 0 Å². The molecule has 10 heteroatoms. The number of likely N-dealkylation sites (N-methyl/N-ethyl adjacent to an activating group) is 1. The molecule has 4 rings (SSSR count). The van der Waals surface area contributed by atoms with Crippen LogP contribution < -0.4 is 21.6 Å². The van der Waals surface area contributed by atoms with Crippen molar-refractivity contribution >= 4 is 23.5 Å². The number of carbonyl (C=O) groups excluding carboxylic acids is 1. The third-order valence-electron chi connectivity index (χ3n) is 6.40. The van der Waals surface area contributed by atoms with Crippen molar-refractivity contribution in [1.29, 1.82) is 5.26 Å². The molecule has 1 saturated heterocycles. The molecule has 0 bridgehead atoms. The average Bonchev–Trinajstić information content (AvgIpc) is 3.50. The van der Waals surface area contributed by atoms with Crippen LogP contribution in [-0.4, -0.2) is 53.2 Å². The molecule has 0 spiro atoms. The summed E-state index contributed by atoms with van der Waals surface area (Å²) < 4.78 is 5.80. The maximum Gasteiger partial charge on any atom is 0.254 e. The van der Waals surface area contributed by atoms with E-state index in [1.165, 1.54) is 30.3 Å². The number of amides is 1. The van der Waals surface area contributed by atoms with Gasteiger partial charge in [0.2, 0.25) is 0 Å². The standard InChI is InChI=1S/C22H28N6O3S.C3H8.2C2H6/c1-28-7-3-4-12(28)11-31-18-9-13(29)8-16(26-18)20(24)27-22(30)14-5-2-6-17-19(14)15(10-23)21(25)32-17;1-3-2;2*1-2/h8-9,12,14-15,21H,2-7,11,25H2,1H3,(H,26,29)(H2,24,27,30);3H2,1-2H3;2*1-2H3. The maximum atomic E-state index is 13.0. The molecule has 3 aliphatic rings. The van der Waals surface area contributed by atoms with Crippen molar-refractivity contribution in [3.8, 4) is 11.9 Å². The number of ether oxygens (including phenoxy) is 1. The van der Waals surface area contributed by atoms with Crippen LogP contribution in [0, 0.1) is 23.2 Å². The van der Waals surface area contributed by atoms with Crippen molar-refractivity contribution in [2.24, 2.45) is 28.3 Å². The molecule has 0 saturated carbocycles. The SMILES string of the molecule is CC.CC.CCC.CN1CCCC1COc1cc(=O)cc(C(N)=NC(=O)C2CCCC3=C2C(C#N)C(N)S3)[nH]1. The number of hydrogen-bond acceptors (Lipinski definition) is 7. The van der Waals surface area contributed by atoms with Crippen molar-refractivity contribution in [3.05, 3.63) is 38.5 Å². The normalized spacial score (nSPS) is 24.1. The molecule has 1 aromatic heterocycles. The third-order valence-corrected chi connectivity index (χ3v) is 7.67. The number of nitrogens with zero attached hydrogens (tertiary/aromatic N) is 3. The first-order chi connectivity index (χ1) is 18.8. The summed E-state index contributed by atoms with van der Waals surface area (Å²) in [5.74, 6) is -1.20. The topological polar surface area (TPSA) is 151 Å². The summed E-state index contributed by atoms with van der Waals surface area (Å²) >= 11 is 1.47. The van der Waals surface area contributed by atoms with Gasteiger partial charge in [0.05, 0.1) is 29.0 Å². The molecule has 218 valence electrons. The van der Waals surface area contributed by atoms with Crippen LogP contribution in [0.2, 0.25) is 0 Å². The number of nitrogens with one attached hydrogen (secondary N) is 1. The number of allylic oxidation sites excluding steroid dienone is 1. The summed E-state index contributed by atoms with van der Waals surface area (Å²) in [5, 5.41) is 9.18. The van der Waals surface area contributed by atoms with Gasteiger partial charge in [-0.15, -0.1) is 11.8 Å². The van der Waals surface area contributed by atoms with Crippen LogP contribution in [0.4, 0.5) is 0 Å². The molecule has 0 radical (unpaired) electrons. The van der Waals surface area contributed by atoms with E-state index in [1.54, 1.807) is 0 Å². The molecule has 3 heterocycles. The van der Waals surface area contributed by atoms with E-state index in [-0.39, 0.29) is 22.3 Å². The Labute approximate surface area is 238 Å². The molecule has 0 aromatic carbocycles. The van der Waals surface area contributed by atoms with Gasteiger partial charge in [0.15, 0.2) is 17.1 Å². The van der Waals surface area contributed by atoms with E-state index in [9.17, 15) is 14.9 Å². The minimum atomic E-state index is -0.507. The summed E-state index contributed by atoms with van der Waals surface area (Å²) in [6.07, 6.45) is 5.69. The van der Waals surface area contributed by atoms with Gasteiger partial charge in [0, 0.05) is 18.2 Å². The predicted octanol–water partition coefficient (Wildman–Crippen LogP) is 4.77. The number of aromatic nitrogens is 1. The van der Waals surface area contributed by atoms with Crippen molar-refractivity contribution in [2.45, 2.75) is 91.5 Å². The first-order valence-electron chi connectivity index (χ1n) is 14.3. The van der Waals surface area contributed by atoms with Crippen LogP contribution in [0.3, 0.4) is 0 Å². The second kappa shape index (κ2) is 17.9. The summed E-state index contributed by atoms with van der Waals surface area (Å²) in [6, 6.07) is 5.19. The number of H-pyrrole nitrogens is 1. The minimum absolute atomic E-state index is 0.0771. The summed E-state index contributed by atoms with van der Waals surface area (Å²) in [5.41, 5.74) is 12.9.